The summed E-state index contributed by atoms with van der Waals surface area (Å²) in [6.07, 6.45) is 0.616. The molecule has 0 aliphatic carbocycles. The van der Waals surface area contributed by atoms with Crippen LogP contribution in [0.5, 0.6) is 0 Å². The van der Waals surface area contributed by atoms with Gasteiger partial charge in [0, 0.05) is 36.2 Å². The van der Waals surface area contributed by atoms with Gasteiger partial charge in [-0.3, -0.25) is 14.9 Å². The second kappa shape index (κ2) is 6.37. The minimum atomic E-state index is -0.711. The number of primary amides is 1. The second-order valence-corrected chi connectivity index (χ2v) is 3.55. The highest BCUT2D eigenvalue weighted by Crippen LogP contribution is 2.16. The van der Waals surface area contributed by atoms with Crippen molar-refractivity contribution in [3.8, 4) is 11.8 Å². The van der Waals surface area contributed by atoms with Gasteiger partial charge in [-0.2, -0.15) is 0 Å². The third-order valence-corrected chi connectivity index (χ3v) is 2.15. The Balaban J connectivity index is 3.06. The Hall–Kier alpha value is -2.39. The quantitative estimate of drug-likeness (QED) is 0.353. The number of carbonyl (C=O) groups excluding carboxylic acids is 1. The molecule has 0 saturated heterocycles. The number of nitro benzene ring substituents is 1. The molecule has 0 heterocycles. The van der Waals surface area contributed by atoms with Crippen molar-refractivity contribution >= 4 is 11.6 Å². The molecule has 6 heteroatoms. The molecule has 0 bridgehead atoms. The molecule has 0 atom stereocenters. The lowest BCUT2D eigenvalue weighted by molar-refractivity contribution is -0.384. The van der Waals surface area contributed by atoms with E-state index in [-0.39, 0.29) is 11.3 Å². The zero-order chi connectivity index (χ0) is 13.5. The smallest absolute Gasteiger partial charge is 0.271 e. The second-order valence-electron chi connectivity index (χ2n) is 3.55. The summed E-state index contributed by atoms with van der Waals surface area (Å²) in [4.78, 5) is 21.2. The molecular formula is C12H13N3O3. The summed E-state index contributed by atoms with van der Waals surface area (Å²) < 4.78 is 0. The predicted molar refractivity (Wildman–Crippen MR) is 67.0 cm³/mol. The van der Waals surface area contributed by atoms with E-state index >= 15 is 0 Å². The van der Waals surface area contributed by atoms with Gasteiger partial charge < -0.3 is 11.1 Å². The van der Waals surface area contributed by atoms with Crippen LogP contribution in [0.1, 0.15) is 22.3 Å². The average molecular weight is 247 g/mol. The number of nitrogens with zero attached hydrogens (tertiary/aromatic N) is 1. The highest BCUT2D eigenvalue weighted by Gasteiger charge is 2.11. The van der Waals surface area contributed by atoms with Crippen LogP contribution >= 0.6 is 0 Å². The summed E-state index contributed by atoms with van der Waals surface area (Å²) in [5, 5.41) is 13.6. The van der Waals surface area contributed by atoms with Crippen LogP contribution in [0.25, 0.3) is 0 Å². The van der Waals surface area contributed by atoms with E-state index < -0.39 is 10.8 Å². The predicted octanol–water partition coefficient (Wildman–Crippen LogP) is 0.655. The lowest BCUT2D eigenvalue weighted by Crippen LogP contribution is -2.11. The molecule has 0 aliphatic rings. The Morgan fingerprint density at radius 1 is 1.50 bits per heavy atom. The molecule has 0 aromatic heterocycles. The van der Waals surface area contributed by atoms with Crippen LogP contribution in [0, 0.1) is 22.0 Å². The van der Waals surface area contributed by atoms with E-state index in [1.54, 1.807) is 7.05 Å². The molecule has 3 N–H and O–H groups in total. The Labute approximate surface area is 104 Å². The van der Waals surface area contributed by atoms with Gasteiger partial charge >= 0.3 is 0 Å². The summed E-state index contributed by atoms with van der Waals surface area (Å²) in [6.45, 7) is 0.727. The first-order valence-electron chi connectivity index (χ1n) is 5.27. The summed E-state index contributed by atoms with van der Waals surface area (Å²) in [6, 6.07) is 3.90. The van der Waals surface area contributed by atoms with Crippen molar-refractivity contribution in [1.29, 1.82) is 0 Å². The Morgan fingerprint density at radius 2 is 2.22 bits per heavy atom. The summed E-state index contributed by atoms with van der Waals surface area (Å²) in [7, 11) is 1.81. The standard InChI is InChI=1S/C12H13N3O3/c1-14-5-3-2-4-9-6-10(12(13)16)8-11(7-9)15(17)18/h6-8,14H,3,5H2,1H3,(H2,13,16). The number of nitrogens with one attached hydrogen (secondary N) is 1. The Kier molecular flexibility index (Phi) is 4.84. The van der Waals surface area contributed by atoms with E-state index in [2.05, 4.69) is 17.2 Å². The van der Waals surface area contributed by atoms with Gasteiger partial charge in [-0.15, -0.1) is 0 Å². The lowest BCUT2D eigenvalue weighted by Gasteiger charge is -1.98. The van der Waals surface area contributed by atoms with Crippen LogP contribution in [0.3, 0.4) is 0 Å². The minimum Gasteiger partial charge on any atom is -0.366 e. The molecule has 0 radical (unpaired) electrons. The van der Waals surface area contributed by atoms with Crippen LogP contribution in [0.15, 0.2) is 18.2 Å². The molecule has 0 aliphatic heterocycles. The van der Waals surface area contributed by atoms with Crippen LogP contribution in [0.2, 0.25) is 0 Å². The Morgan fingerprint density at radius 3 is 2.78 bits per heavy atom. The number of non-ortho nitro benzene ring substituents is 1. The molecule has 0 saturated carbocycles. The first-order chi connectivity index (χ1) is 8.54. The van der Waals surface area contributed by atoms with Gasteiger partial charge in [0.05, 0.1) is 4.92 Å². The molecule has 94 valence electrons. The van der Waals surface area contributed by atoms with E-state index in [0.717, 1.165) is 12.6 Å². The first kappa shape index (κ1) is 13.7. The first-order valence-corrected chi connectivity index (χ1v) is 5.27. The summed E-state index contributed by atoms with van der Waals surface area (Å²) in [5.74, 6) is 4.90. The number of nitrogens with two attached hydrogens (primary N) is 1. The zero-order valence-corrected chi connectivity index (χ0v) is 9.90. The fraction of sp³-hybridized carbons (Fsp3) is 0.250. The van der Waals surface area contributed by atoms with Crippen molar-refractivity contribution < 1.29 is 9.72 Å². The van der Waals surface area contributed by atoms with Crippen molar-refractivity contribution in [2.75, 3.05) is 13.6 Å². The number of carbonyl (C=O) groups is 1. The third kappa shape index (κ3) is 3.88. The molecule has 1 rings (SSSR count). The Bertz CT molecular complexity index is 497. The molecule has 0 fully saturated rings. The number of rotatable bonds is 4. The number of nitro groups is 1. The van der Waals surface area contributed by atoms with E-state index in [1.165, 1.54) is 12.1 Å². The SMILES string of the molecule is CNCCC#Cc1cc(C(N)=O)cc([N+](=O)[O-])c1. The fourth-order valence-corrected chi connectivity index (χ4v) is 1.28. The van der Waals surface area contributed by atoms with Crippen molar-refractivity contribution in [3.63, 3.8) is 0 Å². The molecule has 1 amide bonds. The summed E-state index contributed by atoms with van der Waals surface area (Å²) >= 11 is 0. The molecular weight excluding hydrogens is 234 g/mol. The van der Waals surface area contributed by atoms with Crippen LogP contribution < -0.4 is 11.1 Å². The maximum Gasteiger partial charge on any atom is 0.271 e. The van der Waals surface area contributed by atoms with Gasteiger partial charge in [-0.1, -0.05) is 11.8 Å². The fourth-order valence-electron chi connectivity index (χ4n) is 1.28. The van der Waals surface area contributed by atoms with E-state index in [9.17, 15) is 14.9 Å². The highest BCUT2D eigenvalue weighted by atomic mass is 16.6. The molecule has 0 unspecified atom stereocenters. The average Bonchev–Trinajstić information content (AvgIpc) is 2.34. The van der Waals surface area contributed by atoms with Crippen LogP contribution in [-0.2, 0) is 0 Å². The van der Waals surface area contributed by atoms with E-state index in [0.29, 0.717) is 12.0 Å². The maximum absolute atomic E-state index is 11.0. The van der Waals surface area contributed by atoms with Gasteiger partial charge in [0.1, 0.15) is 0 Å². The summed E-state index contributed by atoms with van der Waals surface area (Å²) in [5.41, 5.74) is 5.41. The number of amides is 1. The lowest BCUT2D eigenvalue weighted by atomic mass is 10.1. The minimum absolute atomic E-state index is 0.0853. The van der Waals surface area contributed by atoms with Crippen LogP contribution in [-0.4, -0.2) is 24.4 Å². The zero-order valence-electron chi connectivity index (χ0n) is 9.90. The molecule has 18 heavy (non-hydrogen) atoms. The largest absolute Gasteiger partial charge is 0.366 e. The molecule has 1 aromatic rings. The van der Waals surface area contributed by atoms with Crippen molar-refractivity contribution in [3.05, 3.63) is 39.4 Å². The maximum atomic E-state index is 11.0. The van der Waals surface area contributed by atoms with Crippen molar-refractivity contribution in [2.45, 2.75) is 6.42 Å². The van der Waals surface area contributed by atoms with E-state index in [4.69, 9.17) is 5.73 Å². The normalized spacial score (nSPS) is 9.39. The topological polar surface area (TPSA) is 98.3 Å². The van der Waals surface area contributed by atoms with Gasteiger partial charge in [-0.05, 0) is 13.1 Å². The number of hydrogen-bond donors (Lipinski definition) is 2. The van der Waals surface area contributed by atoms with Crippen molar-refractivity contribution in [2.24, 2.45) is 5.73 Å². The molecule has 1 aromatic carbocycles. The number of benzene rings is 1. The van der Waals surface area contributed by atoms with Crippen molar-refractivity contribution in [1.82, 2.24) is 5.32 Å². The van der Waals surface area contributed by atoms with E-state index in [1.807, 2.05) is 0 Å². The highest BCUT2D eigenvalue weighted by molar-refractivity contribution is 5.93. The van der Waals surface area contributed by atoms with Gasteiger partial charge in [-0.25, -0.2) is 0 Å². The third-order valence-electron chi connectivity index (χ3n) is 2.15. The molecule has 0 spiro atoms. The van der Waals surface area contributed by atoms with Gasteiger partial charge in [0.15, 0.2) is 0 Å². The van der Waals surface area contributed by atoms with Gasteiger partial charge in [0.2, 0.25) is 5.91 Å². The van der Waals surface area contributed by atoms with Gasteiger partial charge in [0.25, 0.3) is 5.69 Å². The monoisotopic (exact) mass is 247 g/mol. The van der Waals surface area contributed by atoms with Crippen LogP contribution in [0.4, 0.5) is 5.69 Å². The molecule has 6 nitrogen and oxygen atoms in total. The number of hydrogen-bond acceptors (Lipinski definition) is 4.